The van der Waals surface area contributed by atoms with Crippen LogP contribution in [0.2, 0.25) is 5.02 Å². The molecule has 0 saturated heterocycles. The zero-order valence-corrected chi connectivity index (χ0v) is 12.5. The van der Waals surface area contributed by atoms with Gasteiger partial charge in [0.15, 0.2) is 0 Å². The fourth-order valence-electron chi connectivity index (χ4n) is 2.48. The molecule has 1 heterocycles. The minimum Gasteiger partial charge on any atom is -0.490 e. The number of carbonyl (C=O) groups excluding carboxylic acids is 1. The number of halogens is 1. The van der Waals surface area contributed by atoms with Gasteiger partial charge in [0.1, 0.15) is 12.4 Å². The normalized spacial score (nSPS) is 13.3. The smallest absolute Gasteiger partial charge is 0.274 e. The van der Waals surface area contributed by atoms with Crippen LogP contribution in [0.1, 0.15) is 15.9 Å². The number of hydrogen-bond donors (Lipinski definition) is 2. The first-order valence-electron chi connectivity index (χ1n) is 6.88. The predicted molar refractivity (Wildman–Crippen MR) is 83.7 cm³/mol. The van der Waals surface area contributed by atoms with Gasteiger partial charge in [-0.2, -0.15) is 0 Å². The van der Waals surface area contributed by atoms with Crippen molar-refractivity contribution < 1.29 is 14.7 Å². The van der Waals surface area contributed by atoms with E-state index in [1.807, 2.05) is 24.3 Å². The van der Waals surface area contributed by atoms with Gasteiger partial charge in [-0.1, -0.05) is 29.8 Å². The highest BCUT2D eigenvalue weighted by molar-refractivity contribution is 6.31. The molecule has 5 nitrogen and oxygen atoms in total. The number of anilines is 1. The van der Waals surface area contributed by atoms with Crippen LogP contribution in [-0.2, 0) is 6.54 Å². The van der Waals surface area contributed by atoms with Gasteiger partial charge in [0, 0.05) is 17.1 Å². The van der Waals surface area contributed by atoms with Crippen molar-refractivity contribution in [3.63, 3.8) is 0 Å². The van der Waals surface area contributed by atoms with E-state index in [1.54, 1.807) is 23.7 Å². The SMILES string of the molecule is O=C(NO)c1ccc2c(c1)N(Cc1ccccc1Cl)CCO2. The van der Waals surface area contributed by atoms with Gasteiger partial charge in [-0.05, 0) is 29.8 Å². The monoisotopic (exact) mass is 318 g/mol. The van der Waals surface area contributed by atoms with E-state index in [9.17, 15) is 4.79 Å². The summed E-state index contributed by atoms with van der Waals surface area (Å²) >= 11 is 6.22. The average molecular weight is 319 g/mol. The molecule has 22 heavy (non-hydrogen) atoms. The molecule has 0 atom stereocenters. The quantitative estimate of drug-likeness (QED) is 0.675. The summed E-state index contributed by atoms with van der Waals surface area (Å²) in [5.74, 6) is 0.166. The van der Waals surface area contributed by atoms with Crippen LogP contribution in [0.15, 0.2) is 42.5 Å². The molecule has 6 heteroatoms. The fourth-order valence-corrected chi connectivity index (χ4v) is 2.67. The molecular weight excluding hydrogens is 304 g/mol. The third-order valence-corrected chi connectivity index (χ3v) is 3.97. The van der Waals surface area contributed by atoms with Crippen molar-refractivity contribution >= 4 is 23.2 Å². The molecular formula is C16H15ClN2O3. The molecule has 0 bridgehead atoms. The van der Waals surface area contributed by atoms with Gasteiger partial charge in [0.2, 0.25) is 0 Å². The van der Waals surface area contributed by atoms with Crippen LogP contribution in [0.5, 0.6) is 5.75 Å². The number of amides is 1. The van der Waals surface area contributed by atoms with Gasteiger partial charge in [0.25, 0.3) is 5.91 Å². The van der Waals surface area contributed by atoms with E-state index in [-0.39, 0.29) is 0 Å². The van der Waals surface area contributed by atoms with E-state index in [0.29, 0.717) is 36.0 Å². The third kappa shape index (κ3) is 2.86. The van der Waals surface area contributed by atoms with Gasteiger partial charge in [-0.25, -0.2) is 5.48 Å². The molecule has 3 rings (SSSR count). The summed E-state index contributed by atoms with van der Waals surface area (Å²) in [5.41, 5.74) is 3.83. The van der Waals surface area contributed by atoms with E-state index in [2.05, 4.69) is 4.90 Å². The number of fused-ring (bicyclic) bond motifs is 1. The van der Waals surface area contributed by atoms with E-state index in [4.69, 9.17) is 21.5 Å². The van der Waals surface area contributed by atoms with Crippen molar-refractivity contribution in [2.24, 2.45) is 0 Å². The molecule has 0 aromatic heterocycles. The van der Waals surface area contributed by atoms with Crippen LogP contribution in [0.4, 0.5) is 5.69 Å². The largest absolute Gasteiger partial charge is 0.490 e. The summed E-state index contributed by atoms with van der Waals surface area (Å²) < 4.78 is 5.62. The Bertz CT molecular complexity index is 706. The van der Waals surface area contributed by atoms with Crippen LogP contribution in [0, 0.1) is 0 Å². The zero-order chi connectivity index (χ0) is 15.5. The van der Waals surface area contributed by atoms with Crippen molar-refractivity contribution in [1.29, 1.82) is 0 Å². The number of ether oxygens (including phenoxy) is 1. The van der Waals surface area contributed by atoms with Crippen molar-refractivity contribution in [3.05, 3.63) is 58.6 Å². The average Bonchev–Trinajstić information content (AvgIpc) is 2.56. The van der Waals surface area contributed by atoms with E-state index >= 15 is 0 Å². The Morgan fingerprint density at radius 3 is 2.91 bits per heavy atom. The molecule has 1 amide bonds. The summed E-state index contributed by atoms with van der Waals surface area (Å²) in [6.45, 7) is 1.89. The van der Waals surface area contributed by atoms with Crippen molar-refractivity contribution in [2.45, 2.75) is 6.54 Å². The maximum atomic E-state index is 11.6. The zero-order valence-electron chi connectivity index (χ0n) is 11.8. The van der Waals surface area contributed by atoms with E-state index < -0.39 is 5.91 Å². The summed E-state index contributed by atoms with van der Waals surface area (Å²) in [6.07, 6.45) is 0. The summed E-state index contributed by atoms with van der Waals surface area (Å²) in [6, 6.07) is 12.7. The first-order valence-corrected chi connectivity index (χ1v) is 7.26. The predicted octanol–water partition coefficient (Wildman–Crippen LogP) is 2.86. The maximum Gasteiger partial charge on any atom is 0.274 e. The molecule has 1 aliphatic rings. The number of rotatable bonds is 3. The molecule has 1 aliphatic heterocycles. The Morgan fingerprint density at radius 1 is 1.32 bits per heavy atom. The fraction of sp³-hybridized carbons (Fsp3) is 0.188. The second-order valence-corrected chi connectivity index (χ2v) is 5.39. The third-order valence-electron chi connectivity index (χ3n) is 3.60. The Hall–Kier alpha value is -2.24. The molecule has 2 aromatic rings. The highest BCUT2D eigenvalue weighted by Crippen LogP contribution is 2.34. The summed E-state index contributed by atoms with van der Waals surface area (Å²) in [7, 11) is 0. The lowest BCUT2D eigenvalue weighted by Crippen LogP contribution is -2.32. The molecule has 0 saturated carbocycles. The highest BCUT2D eigenvalue weighted by Gasteiger charge is 2.20. The van der Waals surface area contributed by atoms with E-state index in [0.717, 1.165) is 11.3 Å². The number of benzene rings is 2. The van der Waals surface area contributed by atoms with E-state index in [1.165, 1.54) is 0 Å². The van der Waals surface area contributed by atoms with Crippen LogP contribution in [0.25, 0.3) is 0 Å². The van der Waals surface area contributed by atoms with Crippen LogP contribution < -0.4 is 15.1 Å². The Labute approximate surface area is 133 Å². The second kappa shape index (κ2) is 6.25. The number of hydrogen-bond acceptors (Lipinski definition) is 4. The summed E-state index contributed by atoms with van der Waals surface area (Å²) in [5, 5.41) is 9.48. The topological polar surface area (TPSA) is 61.8 Å². The molecule has 0 radical (unpaired) electrons. The maximum absolute atomic E-state index is 11.6. The van der Waals surface area contributed by atoms with Crippen LogP contribution in [-0.4, -0.2) is 24.3 Å². The number of hydroxylamine groups is 1. The van der Waals surface area contributed by atoms with Gasteiger partial charge < -0.3 is 9.64 Å². The Balaban J connectivity index is 1.93. The Kier molecular flexibility index (Phi) is 4.18. The first kappa shape index (κ1) is 14.7. The molecule has 0 fully saturated rings. The number of nitrogens with one attached hydrogen (secondary N) is 1. The Morgan fingerprint density at radius 2 is 2.14 bits per heavy atom. The molecule has 2 aromatic carbocycles. The standard InChI is InChI=1S/C16H15ClN2O3/c17-13-4-2-1-3-12(13)10-19-7-8-22-15-6-5-11(9-14(15)19)16(20)18-21/h1-6,9,21H,7-8,10H2,(H,18,20). The molecule has 0 aliphatic carbocycles. The molecule has 0 spiro atoms. The number of carbonyl (C=O) groups is 1. The van der Waals surface area contributed by atoms with Crippen molar-refractivity contribution in [1.82, 2.24) is 5.48 Å². The minimum atomic E-state index is -0.550. The van der Waals surface area contributed by atoms with Crippen LogP contribution >= 0.6 is 11.6 Å². The first-order chi connectivity index (χ1) is 10.7. The molecule has 2 N–H and O–H groups in total. The van der Waals surface area contributed by atoms with Gasteiger partial charge in [0.05, 0.1) is 12.2 Å². The van der Waals surface area contributed by atoms with Gasteiger partial charge in [-0.15, -0.1) is 0 Å². The van der Waals surface area contributed by atoms with Crippen LogP contribution in [0.3, 0.4) is 0 Å². The van der Waals surface area contributed by atoms with Crippen molar-refractivity contribution in [3.8, 4) is 5.75 Å². The minimum absolute atomic E-state index is 0.371. The lowest BCUT2D eigenvalue weighted by molar-refractivity contribution is 0.0706. The number of nitrogens with zero attached hydrogens (tertiary/aromatic N) is 1. The lowest BCUT2D eigenvalue weighted by Gasteiger charge is -2.31. The summed E-state index contributed by atoms with van der Waals surface area (Å²) in [4.78, 5) is 13.7. The second-order valence-electron chi connectivity index (χ2n) is 4.98. The highest BCUT2D eigenvalue weighted by atomic mass is 35.5. The lowest BCUT2D eigenvalue weighted by atomic mass is 10.1. The molecule has 0 unspecified atom stereocenters. The molecule has 114 valence electrons. The van der Waals surface area contributed by atoms with Crippen molar-refractivity contribution in [2.75, 3.05) is 18.1 Å². The van der Waals surface area contributed by atoms with Gasteiger partial charge >= 0.3 is 0 Å². The van der Waals surface area contributed by atoms with Gasteiger partial charge in [-0.3, -0.25) is 10.0 Å².